The van der Waals surface area contributed by atoms with Crippen molar-refractivity contribution in [3.8, 4) is 11.6 Å². The largest absolute Gasteiger partial charge is 0.575 e. The Morgan fingerprint density at radius 1 is 1.59 bits per heavy atom. The number of hydrogen-bond acceptors (Lipinski definition) is 5. The van der Waals surface area contributed by atoms with Crippen LogP contribution in [0.1, 0.15) is 5.56 Å². The molecule has 0 bridgehead atoms. The van der Waals surface area contributed by atoms with Gasteiger partial charge in [0, 0.05) is 16.4 Å². The Kier molecular flexibility index (Phi) is 3.76. The van der Waals surface area contributed by atoms with Crippen LogP contribution in [-0.2, 0) is 5.33 Å². The second-order valence-corrected chi connectivity index (χ2v) is 3.29. The highest BCUT2D eigenvalue weighted by atomic mass is 79.9. The van der Waals surface area contributed by atoms with Crippen LogP contribution < -0.4 is 4.74 Å². The Morgan fingerprint density at radius 2 is 2.18 bits per heavy atom. The topological polar surface area (TPSA) is 85.5 Å². The van der Waals surface area contributed by atoms with Gasteiger partial charge in [-0.1, -0.05) is 15.9 Å². The zero-order valence-corrected chi connectivity index (χ0v) is 9.45. The summed E-state index contributed by atoms with van der Waals surface area (Å²) < 4.78 is 39.0. The fraction of sp³-hybridized carbons (Fsp3) is 0.286. The van der Waals surface area contributed by atoms with Crippen LogP contribution in [0.15, 0.2) is 6.07 Å². The fourth-order valence-electron chi connectivity index (χ4n) is 0.958. The molecule has 1 rings (SSSR count). The first kappa shape index (κ1) is 13.5. The number of halogens is 4. The summed E-state index contributed by atoms with van der Waals surface area (Å²) in [5.41, 5.74) is -0.0676. The summed E-state index contributed by atoms with van der Waals surface area (Å²) in [5.74, 6) is -3.00. The lowest BCUT2D eigenvalue weighted by Gasteiger charge is -2.07. The Labute approximate surface area is 100 Å². The summed E-state index contributed by atoms with van der Waals surface area (Å²) >= 11 is 2.88. The predicted molar refractivity (Wildman–Crippen MR) is 51.9 cm³/mol. The third kappa shape index (κ3) is 3.44. The molecule has 0 aromatic carbocycles. The number of aromatic hydroxyl groups is 1. The molecule has 0 amide bonds. The van der Waals surface area contributed by atoms with E-state index >= 15 is 0 Å². The van der Waals surface area contributed by atoms with Gasteiger partial charge in [-0.05, 0) is 4.92 Å². The standard InChI is InChI=1S/C7H4BrF3N2O4/c8-2-3-1-4(14)6(17-7(9,10)11)12-5(3)13(15)16/h1,14H,2H2. The molecule has 1 heterocycles. The molecule has 10 heteroatoms. The molecule has 0 saturated heterocycles. The van der Waals surface area contributed by atoms with E-state index in [4.69, 9.17) is 5.11 Å². The van der Waals surface area contributed by atoms with Crippen molar-refractivity contribution in [3.05, 3.63) is 21.7 Å². The highest BCUT2D eigenvalue weighted by Crippen LogP contribution is 2.34. The van der Waals surface area contributed by atoms with Crippen molar-refractivity contribution in [3.63, 3.8) is 0 Å². The molecule has 0 aliphatic heterocycles. The summed E-state index contributed by atoms with van der Waals surface area (Å²) in [6, 6.07) is 0.779. The van der Waals surface area contributed by atoms with Crippen molar-refractivity contribution < 1.29 is 27.9 Å². The average Bonchev–Trinajstić information content (AvgIpc) is 2.18. The van der Waals surface area contributed by atoms with Crippen LogP contribution in [0.25, 0.3) is 0 Å². The van der Waals surface area contributed by atoms with Gasteiger partial charge in [-0.15, -0.1) is 13.2 Å². The Morgan fingerprint density at radius 3 is 2.59 bits per heavy atom. The van der Waals surface area contributed by atoms with Gasteiger partial charge in [0.15, 0.2) is 0 Å². The first-order valence-corrected chi connectivity index (χ1v) is 5.05. The van der Waals surface area contributed by atoms with Crippen LogP contribution in [0.4, 0.5) is 19.0 Å². The lowest BCUT2D eigenvalue weighted by Crippen LogP contribution is -2.18. The van der Waals surface area contributed by atoms with Gasteiger partial charge in [0.2, 0.25) is 5.75 Å². The van der Waals surface area contributed by atoms with Gasteiger partial charge in [-0.2, -0.15) is 0 Å². The maximum absolute atomic E-state index is 11.9. The summed E-state index contributed by atoms with van der Waals surface area (Å²) in [6.45, 7) is 0. The number of rotatable bonds is 3. The summed E-state index contributed by atoms with van der Waals surface area (Å²) in [6.07, 6.45) is -5.09. The molecule has 94 valence electrons. The number of hydrogen-bond donors (Lipinski definition) is 1. The van der Waals surface area contributed by atoms with E-state index in [0.717, 1.165) is 6.07 Å². The molecule has 0 aliphatic carbocycles. The van der Waals surface area contributed by atoms with Crippen LogP contribution in [-0.4, -0.2) is 21.4 Å². The number of ether oxygens (including phenoxy) is 1. The van der Waals surface area contributed by atoms with E-state index in [9.17, 15) is 23.3 Å². The second kappa shape index (κ2) is 4.73. The van der Waals surface area contributed by atoms with Crippen LogP contribution in [0.2, 0.25) is 0 Å². The van der Waals surface area contributed by atoms with E-state index in [-0.39, 0.29) is 10.9 Å². The first-order valence-electron chi connectivity index (χ1n) is 3.93. The fourth-order valence-corrected chi connectivity index (χ4v) is 1.37. The van der Waals surface area contributed by atoms with Gasteiger partial charge >= 0.3 is 18.1 Å². The molecule has 0 unspecified atom stereocenters. The van der Waals surface area contributed by atoms with Gasteiger partial charge in [0.25, 0.3) is 0 Å². The van der Waals surface area contributed by atoms with Crippen molar-refractivity contribution in [2.45, 2.75) is 11.7 Å². The molecule has 0 spiro atoms. The Balaban J connectivity index is 3.25. The second-order valence-electron chi connectivity index (χ2n) is 2.73. The average molecular weight is 317 g/mol. The molecular weight excluding hydrogens is 313 g/mol. The van der Waals surface area contributed by atoms with E-state index in [1.807, 2.05) is 0 Å². The molecule has 1 aromatic rings. The number of nitrogens with zero attached hydrogens (tertiary/aromatic N) is 2. The molecule has 17 heavy (non-hydrogen) atoms. The van der Waals surface area contributed by atoms with Crippen LogP contribution in [0, 0.1) is 10.1 Å². The molecule has 0 atom stereocenters. The van der Waals surface area contributed by atoms with Gasteiger partial charge < -0.3 is 20.0 Å². The van der Waals surface area contributed by atoms with Crippen molar-refractivity contribution in [2.24, 2.45) is 0 Å². The van der Waals surface area contributed by atoms with Crippen molar-refractivity contribution in [1.29, 1.82) is 0 Å². The van der Waals surface area contributed by atoms with Crippen molar-refractivity contribution in [2.75, 3.05) is 0 Å². The molecule has 1 N–H and O–H groups in total. The van der Waals surface area contributed by atoms with Gasteiger partial charge in [-0.25, -0.2) is 0 Å². The third-order valence-corrected chi connectivity index (χ3v) is 2.16. The minimum Gasteiger partial charge on any atom is -0.501 e. The van der Waals surface area contributed by atoms with Crippen LogP contribution in [0.3, 0.4) is 0 Å². The zero-order valence-electron chi connectivity index (χ0n) is 7.86. The summed E-state index contributed by atoms with van der Waals surface area (Å²) in [5, 5.41) is 19.6. The highest BCUT2D eigenvalue weighted by Gasteiger charge is 2.36. The highest BCUT2D eigenvalue weighted by molar-refractivity contribution is 9.08. The SMILES string of the molecule is O=[N+]([O-])c1nc(OC(F)(F)F)c(O)cc1CBr. The molecule has 0 fully saturated rings. The van der Waals surface area contributed by atoms with E-state index < -0.39 is 28.7 Å². The number of nitro groups is 1. The zero-order chi connectivity index (χ0) is 13.2. The Hall–Kier alpha value is -1.58. The van der Waals surface area contributed by atoms with Crippen molar-refractivity contribution in [1.82, 2.24) is 4.98 Å². The third-order valence-electron chi connectivity index (χ3n) is 1.55. The molecule has 1 aromatic heterocycles. The minimum atomic E-state index is -5.09. The quantitative estimate of drug-likeness (QED) is 0.526. The number of pyridine rings is 1. The summed E-state index contributed by atoms with van der Waals surface area (Å²) in [4.78, 5) is 12.5. The van der Waals surface area contributed by atoms with E-state index in [1.54, 1.807) is 0 Å². The molecule has 0 saturated carbocycles. The molecule has 6 nitrogen and oxygen atoms in total. The minimum absolute atomic E-state index is 0.0455. The molecule has 0 aliphatic rings. The molecular formula is C7H4BrF3N2O4. The van der Waals surface area contributed by atoms with E-state index in [2.05, 4.69) is 25.7 Å². The first-order chi connectivity index (χ1) is 7.74. The van der Waals surface area contributed by atoms with E-state index in [0.29, 0.717) is 0 Å². The monoisotopic (exact) mass is 316 g/mol. The molecule has 0 radical (unpaired) electrons. The van der Waals surface area contributed by atoms with Gasteiger partial charge in [-0.3, -0.25) is 0 Å². The number of aromatic nitrogens is 1. The van der Waals surface area contributed by atoms with Crippen LogP contribution >= 0.6 is 15.9 Å². The lowest BCUT2D eigenvalue weighted by atomic mass is 10.3. The predicted octanol–water partition coefficient (Wildman–Crippen LogP) is 2.49. The lowest BCUT2D eigenvalue weighted by molar-refractivity contribution is -0.390. The summed E-state index contributed by atoms with van der Waals surface area (Å²) in [7, 11) is 0. The van der Waals surface area contributed by atoms with Gasteiger partial charge in [0.05, 0.1) is 5.56 Å². The smallest absolute Gasteiger partial charge is 0.501 e. The van der Waals surface area contributed by atoms with E-state index in [1.165, 1.54) is 0 Å². The van der Waals surface area contributed by atoms with Crippen molar-refractivity contribution >= 4 is 21.7 Å². The van der Waals surface area contributed by atoms with Gasteiger partial charge in [0.1, 0.15) is 0 Å². The maximum Gasteiger partial charge on any atom is 0.575 e. The maximum atomic E-state index is 11.9. The van der Waals surface area contributed by atoms with Crippen LogP contribution in [0.5, 0.6) is 11.6 Å². The number of alkyl halides is 4. The Bertz CT molecular complexity index is 451. The normalized spacial score (nSPS) is 11.3.